The maximum atomic E-state index is 14.3. The highest BCUT2D eigenvalue weighted by molar-refractivity contribution is 6.26. The summed E-state index contributed by atoms with van der Waals surface area (Å²) in [6, 6.07) is 10.7. The first-order valence-corrected chi connectivity index (χ1v) is 10.2. The fourth-order valence-corrected chi connectivity index (χ4v) is 4.43. The van der Waals surface area contributed by atoms with Gasteiger partial charge in [-0.1, -0.05) is 24.3 Å². The zero-order valence-corrected chi connectivity index (χ0v) is 17.6. The van der Waals surface area contributed by atoms with E-state index in [2.05, 4.69) is 0 Å². The first kappa shape index (κ1) is 21.4. The molecule has 3 amide bonds. The van der Waals surface area contributed by atoms with Crippen molar-refractivity contribution in [1.29, 1.82) is 0 Å². The first-order valence-electron chi connectivity index (χ1n) is 10.2. The Balaban J connectivity index is 1.61. The molecule has 2 atom stereocenters. The van der Waals surface area contributed by atoms with E-state index in [-0.39, 0.29) is 16.8 Å². The molecule has 2 unspecified atom stereocenters. The van der Waals surface area contributed by atoms with Crippen molar-refractivity contribution in [2.45, 2.75) is 19.0 Å². The van der Waals surface area contributed by atoms with E-state index >= 15 is 0 Å². The summed E-state index contributed by atoms with van der Waals surface area (Å²) in [6.07, 6.45) is 0. The third kappa shape index (κ3) is 2.99. The van der Waals surface area contributed by atoms with Gasteiger partial charge in [0, 0.05) is 11.8 Å². The number of amides is 3. The van der Waals surface area contributed by atoms with Gasteiger partial charge in [-0.25, -0.2) is 8.78 Å². The van der Waals surface area contributed by atoms with Crippen molar-refractivity contribution in [2.24, 2.45) is 0 Å². The number of imide groups is 1. The number of nitro benzene ring substituents is 1. The van der Waals surface area contributed by atoms with Crippen molar-refractivity contribution >= 4 is 29.1 Å². The Bertz CT molecular complexity index is 1410. The molecule has 0 spiro atoms. The number of benzene rings is 3. The van der Waals surface area contributed by atoms with Crippen LogP contribution in [0, 0.1) is 28.7 Å². The zero-order chi connectivity index (χ0) is 24.3. The van der Waals surface area contributed by atoms with Gasteiger partial charge in [-0.15, -0.1) is 0 Å². The Morgan fingerprint density at radius 1 is 0.882 bits per heavy atom. The molecule has 2 aliphatic rings. The molecule has 0 bridgehead atoms. The SMILES string of the molecule is Cc1ccc(N2C(=O)C(N3C(=O)c4cccc([N+](=O)[O-])c4C3=O)C2c2ccc(F)cc2)cc1F. The third-order valence-corrected chi connectivity index (χ3v) is 6.11. The number of hydrogen-bond donors (Lipinski definition) is 0. The Hall–Kier alpha value is -4.47. The van der Waals surface area contributed by atoms with Crippen LogP contribution in [0.25, 0.3) is 0 Å². The molecular weight excluding hydrogens is 448 g/mol. The van der Waals surface area contributed by atoms with Gasteiger partial charge in [0.25, 0.3) is 23.4 Å². The number of nitro groups is 1. The molecule has 2 aliphatic heterocycles. The normalized spacial score (nSPS) is 19.3. The van der Waals surface area contributed by atoms with Crippen LogP contribution in [0.3, 0.4) is 0 Å². The van der Waals surface area contributed by atoms with Gasteiger partial charge in [0.2, 0.25) is 0 Å². The molecule has 2 heterocycles. The maximum Gasteiger partial charge on any atom is 0.282 e. The maximum absolute atomic E-state index is 14.3. The lowest BCUT2D eigenvalue weighted by molar-refractivity contribution is -0.385. The summed E-state index contributed by atoms with van der Waals surface area (Å²) in [5.41, 5.74) is -0.146. The number of nitrogens with zero attached hydrogens (tertiary/aromatic N) is 3. The van der Waals surface area contributed by atoms with Gasteiger partial charge in [-0.3, -0.25) is 29.4 Å². The molecule has 3 aromatic carbocycles. The number of aryl methyl sites for hydroxylation is 1. The molecule has 1 fully saturated rings. The van der Waals surface area contributed by atoms with E-state index in [0.29, 0.717) is 16.0 Å². The summed E-state index contributed by atoms with van der Waals surface area (Å²) in [5.74, 6) is -3.57. The van der Waals surface area contributed by atoms with Crippen LogP contribution in [-0.2, 0) is 4.79 Å². The fraction of sp³-hybridized carbons (Fsp3) is 0.125. The van der Waals surface area contributed by atoms with Crippen LogP contribution in [0.1, 0.15) is 37.9 Å². The predicted molar refractivity (Wildman–Crippen MR) is 115 cm³/mol. The summed E-state index contributed by atoms with van der Waals surface area (Å²) in [6.45, 7) is 1.56. The highest BCUT2D eigenvalue weighted by atomic mass is 19.1. The Kier molecular flexibility index (Phi) is 4.75. The number of hydrogen-bond acceptors (Lipinski definition) is 5. The Morgan fingerprint density at radius 3 is 2.24 bits per heavy atom. The van der Waals surface area contributed by atoms with Crippen LogP contribution < -0.4 is 4.90 Å². The molecule has 0 N–H and O–H groups in total. The van der Waals surface area contributed by atoms with Crippen molar-refractivity contribution in [2.75, 3.05) is 4.90 Å². The number of β-lactam (4-membered cyclic amide) rings is 1. The van der Waals surface area contributed by atoms with Gasteiger partial charge in [0.05, 0.1) is 16.5 Å². The molecule has 0 saturated carbocycles. The third-order valence-electron chi connectivity index (χ3n) is 6.11. The molecule has 5 rings (SSSR count). The molecule has 10 heteroatoms. The quantitative estimate of drug-likeness (QED) is 0.253. The lowest BCUT2D eigenvalue weighted by Crippen LogP contribution is -2.67. The van der Waals surface area contributed by atoms with E-state index in [1.54, 1.807) is 6.92 Å². The van der Waals surface area contributed by atoms with Crippen molar-refractivity contribution in [1.82, 2.24) is 4.90 Å². The van der Waals surface area contributed by atoms with Crippen LogP contribution in [0.4, 0.5) is 20.2 Å². The molecule has 34 heavy (non-hydrogen) atoms. The lowest BCUT2D eigenvalue weighted by atomic mass is 9.86. The molecule has 1 saturated heterocycles. The van der Waals surface area contributed by atoms with Crippen molar-refractivity contribution in [3.8, 4) is 0 Å². The molecule has 0 radical (unpaired) electrons. The van der Waals surface area contributed by atoms with Gasteiger partial charge >= 0.3 is 0 Å². The molecule has 170 valence electrons. The van der Waals surface area contributed by atoms with Crippen LogP contribution in [0.5, 0.6) is 0 Å². The van der Waals surface area contributed by atoms with Gasteiger partial charge in [0.15, 0.2) is 0 Å². The Labute approximate surface area is 191 Å². The summed E-state index contributed by atoms with van der Waals surface area (Å²) in [5, 5.41) is 11.4. The number of fused-ring (bicyclic) bond motifs is 1. The van der Waals surface area contributed by atoms with E-state index in [4.69, 9.17) is 0 Å². The summed E-state index contributed by atoms with van der Waals surface area (Å²) >= 11 is 0. The largest absolute Gasteiger partial charge is 0.300 e. The second kappa shape index (κ2) is 7.55. The molecule has 3 aromatic rings. The van der Waals surface area contributed by atoms with E-state index in [0.717, 1.165) is 24.3 Å². The highest BCUT2D eigenvalue weighted by Crippen LogP contribution is 2.45. The van der Waals surface area contributed by atoms with Crippen molar-refractivity contribution < 1.29 is 28.1 Å². The summed E-state index contributed by atoms with van der Waals surface area (Å²) in [7, 11) is 0. The number of carbonyl (C=O) groups is 3. The minimum absolute atomic E-state index is 0.176. The molecule has 0 aliphatic carbocycles. The van der Waals surface area contributed by atoms with Crippen molar-refractivity contribution in [3.05, 3.63) is 105 Å². The predicted octanol–water partition coefficient (Wildman–Crippen LogP) is 3.93. The number of carbonyl (C=O) groups excluding carboxylic acids is 3. The van der Waals surface area contributed by atoms with E-state index < -0.39 is 52.1 Å². The van der Waals surface area contributed by atoms with Crippen LogP contribution in [-0.4, -0.2) is 33.6 Å². The minimum Gasteiger partial charge on any atom is -0.300 e. The minimum atomic E-state index is -1.35. The van der Waals surface area contributed by atoms with Crippen molar-refractivity contribution in [3.63, 3.8) is 0 Å². The van der Waals surface area contributed by atoms with Crippen LogP contribution in [0.15, 0.2) is 60.7 Å². The zero-order valence-electron chi connectivity index (χ0n) is 17.6. The van der Waals surface area contributed by atoms with Crippen LogP contribution in [0.2, 0.25) is 0 Å². The highest BCUT2D eigenvalue weighted by Gasteiger charge is 2.58. The topological polar surface area (TPSA) is 101 Å². The molecular formula is C24H15F2N3O5. The summed E-state index contributed by atoms with van der Waals surface area (Å²) in [4.78, 5) is 52.2. The summed E-state index contributed by atoms with van der Waals surface area (Å²) < 4.78 is 27.8. The average Bonchev–Trinajstić information content (AvgIpc) is 3.05. The number of halogens is 2. The first-order chi connectivity index (χ1) is 16.2. The van der Waals surface area contributed by atoms with Gasteiger partial charge in [-0.05, 0) is 48.4 Å². The van der Waals surface area contributed by atoms with Gasteiger partial charge in [-0.2, -0.15) is 0 Å². The second-order valence-corrected chi connectivity index (χ2v) is 8.02. The number of anilines is 1. The average molecular weight is 463 g/mol. The Morgan fingerprint density at radius 2 is 1.59 bits per heavy atom. The van der Waals surface area contributed by atoms with Gasteiger partial charge in [0.1, 0.15) is 23.2 Å². The molecule has 8 nitrogen and oxygen atoms in total. The van der Waals surface area contributed by atoms with E-state index in [9.17, 15) is 33.3 Å². The smallest absolute Gasteiger partial charge is 0.282 e. The second-order valence-electron chi connectivity index (χ2n) is 8.02. The molecule has 0 aromatic heterocycles. The number of rotatable bonds is 4. The van der Waals surface area contributed by atoms with Gasteiger partial charge < -0.3 is 4.90 Å². The van der Waals surface area contributed by atoms with E-state index in [1.165, 1.54) is 41.3 Å². The van der Waals surface area contributed by atoms with Crippen LogP contribution >= 0.6 is 0 Å². The lowest BCUT2D eigenvalue weighted by Gasteiger charge is -2.49. The fourth-order valence-electron chi connectivity index (χ4n) is 4.43. The monoisotopic (exact) mass is 463 g/mol. The van der Waals surface area contributed by atoms with E-state index in [1.807, 2.05) is 0 Å². The standard InChI is InChI=1S/C24H15F2N3O5/c1-12-5-10-15(11-17(12)26)27-20(13-6-8-14(25)9-7-13)21(24(27)32)28-22(30)16-3-2-4-18(29(33)34)19(16)23(28)31/h2-11,20-21H,1H3.